The average Bonchev–Trinajstić information content (AvgIpc) is 2.86. The highest BCUT2D eigenvalue weighted by Crippen LogP contribution is 2.25. The van der Waals surface area contributed by atoms with Crippen LogP contribution in [-0.4, -0.2) is 30.6 Å². The zero-order valence-corrected chi connectivity index (χ0v) is 12.1. The lowest BCUT2D eigenvalue weighted by Gasteiger charge is -2.16. The largest absolute Gasteiger partial charge is 0.479 e. The Kier molecular flexibility index (Phi) is 3.53. The Bertz CT molecular complexity index is 894. The number of aromatic nitrogens is 4. The molecular weight excluding hydrogens is 303 g/mol. The second kappa shape index (κ2) is 5.52. The molecule has 0 saturated carbocycles. The summed E-state index contributed by atoms with van der Waals surface area (Å²) >= 11 is 0. The minimum absolute atomic E-state index is 0.0213. The molecule has 3 rings (SSSR count). The van der Waals surface area contributed by atoms with E-state index >= 15 is 0 Å². The summed E-state index contributed by atoms with van der Waals surface area (Å²) in [5.74, 6) is -1.56. The van der Waals surface area contributed by atoms with Gasteiger partial charge in [-0.2, -0.15) is 9.97 Å². The maximum atomic E-state index is 13.4. The molecule has 118 valence electrons. The van der Waals surface area contributed by atoms with Crippen molar-refractivity contribution in [1.82, 2.24) is 19.5 Å². The van der Waals surface area contributed by atoms with Crippen LogP contribution in [-0.2, 0) is 11.8 Å². The number of hydrogen-bond acceptors (Lipinski definition) is 6. The molecule has 0 spiro atoms. The monoisotopic (exact) mass is 316 g/mol. The van der Waals surface area contributed by atoms with Crippen molar-refractivity contribution in [1.29, 1.82) is 0 Å². The third-order valence-corrected chi connectivity index (χ3v) is 3.29. The normalized spacial score (nSPS) is 12.3. The van der Waals surface area contributed by atoms with Gasteiger partial charge in [0.05, 0.1) is 6.33 Å². The molecule has 2 aromatic heterocycles. The summed E-state index contributed by atoms with van der Waals surface area (Å²) in [5.41, 5.74) is 6.75. The molecule has 8 nitrogen and oxygen atoms in total. The number of fused-ring (bicyclic) bond motifs is 1. The number of nitrogens with zero attached hydrogens (tertiary/aromatic N) is 4. The number of carbonyl (C=O) groups is 1. The van der Waals surface area contributed by atoms with Crippen LogP contribution in [0.2, 0.25) is 0 Å². The number of nitrogens with two attached hydrogens (primary N) is 1. The summed E-state index contributed by atoms with van der Waals surface area (Å²) in [6.45, 7) is 0. The Morgan fingerprint density at radius 3 is 2.91 bits per heavy atom. The Hall–Kier alpha value is -3.23. The van der Waals surface area contributed by atoms with Crippen molar-refractivity contribution >= 4 is 28.9 Å². The highest BCUT2D eigenvalue weighted by Gasteiger charge is 2.23. The predicted molar refractivity (Wildman–Crippen MR) is 81.1 cm³/mol. The van der Waals surface area contributed by atoms with Gasteiger partial charge in [-0.05, 0) is 17.7 Å². The molecule has 1 unspecified atom stereocenters. The highest BCUT2D eigenvalue weighted by molar-refractivity contribution is 5.87. The van der Waals surface area contributed by atoms with Crippen molar-refractivity contribution in [3.05, 3.63) is 42.0 Å². The molecule has 3 aromatic rings. The van der Waals surface area contributed by atoms with Gasteiger partial charge < -0.3 is 20.7 Å². The zero-order chi connectivity index (χ0) is 16.6. The minimum Gasteiger partial charge on any atom is -0.479 e. The lowest BCUT2D eigenvalue weighted by Crippen LogP contribution is -2.21. The quantitative estimate of drug-likeness (QED) is 0.664. The fraction of sp³-hybridized carbons (Fsp3) is 0.143. The smallest absolute Gasteiger partial charge is 0.330 e. The third kappa shape index (κ3) is 2.76. The van der Waals surface area contributed by atoms with E-state index < -0.39 is 17.8 Å². The summed E-state index contributed by atoms with van der Waals surface area (Å²) in [7, 11) is 1.73. The molecule has 0 saturated heterocycles. The molecule has 1 aromatic carbocycles. The topological polar surface area (TPSA) is 119 Å². The molecule has 0 amide bonds. The van der Waals surface area contributed by atoms with E-state index in [9.17, 15) is 14.3 Å². The second-order valence-electron chi connectivity index (χ2n) is 4.93. The fourth-order valence-electron chi connectivity index (χ4n) is 2.23. The molecule has 0 aliphatic heterocycles. The molecule has 4 N–H and O–H groups in total. The van der Waals surface area contributed by atoms with Crippen LogP contribution in [0.15, 0.2) is 30.6 Å². The van der Waals surface area contributed by atoms with E-state index in [0.717, 1.165) is 6.07 Å². The van der Waals surface area contributed by atoms with Gasteiger partial charge in [-0.25, -0.2) is 14.2 Å². The first-order valence-corrected chi connectivity index (χ1v) is 6.65. The van der Waals surface area contributed by atoms with Gasteiger partial charge in [0, 0.05) is 7.05 Å². The van der Waals surface area contributed by atoms with Crippen LogP contribution in [0.25, 0.3) is 11.2 Å². The first-order valence-electron chi connectivity index (χ1n) is 6.65. The zero-order valence-electron chi connectivity index (χ0n) is 12.1. The predicted octanol–water partition coefficient (Wildman–Crippen LogP) is 1.32. The average molecular weight is 316 g/mol. The number of aliphatic carboxylic acids is 1. The third-order valence-electron chi connectivity index (χ3n) is 3.29. The first-order chi connectivity index (χ1) is 11.0. The Morgan fingerprint density at radius 2 is 2.22 bits per heavy atom. The van der Waals surface area contributed by atoms with E-state index in [0.29, 0.717) is 11.2 Å². The number of benzene rings is 1. The van der Waals surface area contributed by atoms with E-state index in [1.807, 2.05) is 0 Å². The second-order valence-corrected chi connectivity index (χ2v) is 4.93. The number of carboxylic acids is 1. The summed E-state index contributed by atoms with van der Waals surface area (Å²) in [4.78, 5) is 23.8. The van der Waals surface area contributed by atoms with Crippen molar-refractivity contribution in [3.8, 4) is 0 Å². The molecule has 0 aliphatic rings. The van der Waals surface area contributed by atoms with Gasteiger partial charge in [0.15, 0.2) is 23.0 Å². The number of imidazole rings is 1. The van der Waals surface area contributed by atoms with Gasteiger partial charge in [-0.3, -0.25) is 0 Å². The van der Waals surface area contributed by atoms with E-state index in [2.05, 4.69) is 20.3 Å². The number of halogens is 1. The number of nitrogens with one attached hydrogen (secondary N) is 1. The summed E-state index contributed by atoms with van der Waals surface area (Å²) in [6, 6.07) is 4.13. The Balaban J connectivity index is 2.06. The maximum absolute atomic E-state index is 13.4. The number of hydrogen-bond donors (Lipinski definition) is 3. The molecule has 2 heterocycles. The molecule has 0 aliphatic carbocycles. The standard InChI is InChI=1S/C14H13FN6O2/c1-21-6-17-10-11(19-14(16)20-12(10)21)18-9(13(22)23)7-3-2-4-8(15)5-7/h2-6,9H,1H3,(H,22,23)(H3,16,18,19,20). The fourth-order valence-corrected chi connectivity index (χ4v) is 2.23. The van der Waals surface area contributed by atoms with Gasteiger partial charge >= 0.3 is 5.97 Å². The lowest BCUT2D eigenvalue weighted by atomic mass is 10.1. The number of carboxylic acid groups (broad SMARTS) is 1. The lowest BCUT2D eigenvalue weighted by molar-refractivity contribution is -0.138. The number of aryl methyl sites for hydroxylation is 1. The highest BCUT2D eigenvalue weighted by atomic mass is 19.1. The summed E-state index contributed by atoms with van der Waals surface area (Å²) in [6.07, 6.45) is 1.52. The molecule has 0 radical (unpaired) electrons. The van der Waals surface area contributed by atoms with E-state index in [4.69, 9.17) is 5.73 Å². The SMILES string of the molecule is Cn1cnc2c(NC(C(=O)O)c3cccc(F)c3)nc(N)nc21. The van der Waals surface area contributed by atoms with E-state index in [1.54, 1.807) is 11.6 Å². The maximum Gasteiger partial charge on any atom is 0.330 e. The molecule has 9 heteroatoms. The van der Waals surface area contributed by atoms with Crippen molar-refractivity contribution < 1.29 is 14.3 Å². The molecule has 0 bridgehead atoms. The van der Waals surface area contributed by atoms with E-state index in [1.165, 1.54) is 24.5 Å². The summed E-state index contributed by atoms with van der Waals surface area (Å²) < 4.78 is 15.0. The first kappa shape index (κ1) is 14.7. The minimum atomic E-state index is -1.20. The van der Waals surface area contributed by atoms with Gasteiger partial charge in [0.25, 0.3) is 0 Å². The van der Waals surface area contributed by atoms with Gasteiger partial charge in [0.2, 0.25) is 5.95 Å². The van der Waals surface area contributed by atoms with Crippen LogP contribution in [0, 0.1) is 5.82 Å². The van der Waals surface area contributed by atoms with Gasteiger partial charge in [-0.15, -0.1) is 0 Å². The van der Waals surface area contributed by atoms with Crippen LogP contribution >= 0.6 is 0 Å². The Morgan fingerprint density at radius 1 is 1.43 bits per heavy atom. The number of anilines is 2. The van der Waals surface area contributed by atoms with E-state index in [-0.39, 0.29) is 17.3 Å². The van der Waals surface area contributed by atoms with Crippen LogP contribution in [0.1, 0.15) is 11.6 Å². The van der Waals surface area contributed by atoms with Crippen molar-refractivity contribution in [2.45, 2.75) is 6.04 Å². The van der Waals surface area contributed by atoms with Crippen molar-refractivity contribution in [2.24, 2.45) is 7.05 Å². The molecule has 0 fully saturated rings. The Labute approximate surface area is 129 Å². The number of nitrogen functional groups attached to an aromatic ring is 1. The number of rotatable bonds is 4. The molecule has 23 heavy (non-hydrogen) atoms. The van der Waals surface area contributed by atoms with Crippen LogP contribution in [0.4, 0.5) is 16.2 Å². The van der Waals surface area contributed by atoms with Crippen LogP contribution < -0.4 is 11.1 Å². The van der Waals surface area contributed by atoms with Gasteiger partial charge in [0.1, 0.15) is 5.82 Å². The van der Waals surface area contributed by atoms with Crippen molar-refractivity contribution in [2.75, 3.05) is 11.1 Å². The van der Waals surface area contributed by atoms with Crippen molar-refractivity contribution in [3.63, 3.8) is 0 Å². The molecule has 1 atom stereocenters. The van der Waals surface area contributed by atoms with Gasteiger partial charge in [-0.1, -0.05) is 12.1 Å². The molecular formula is C14H13FN6O2. The summed E-state index contributed by atoms with van der Waals surface area (Å²) in [5, 5.41) is 12.2. The van der Waals surface area contributed by atoms with Crippen LogP contribution in [0.3, 0.4) is 0 Å². The van der Waals surface area contributed by atoms with Crippen LogP contribution in [0.5, 0.6) is 0 Å².